The number of hydrogen-bond acceptors (Lipinski definition) is 4. The molecule has 0 spiro atoms. The van der Waals surface area contributed by atoms with Crippen LogP contribution in [0.2, 0.25) is 0 Å². The SMILES string of the molecule is CNc1cc(C(F)(F)F)cc(N(CCO)C2CC2)n1. The Kier molecular flexibility index (Phi) is 3.84. The molecule has 0 unspecified atom stereocenters. The second-order valence-corrected chi connectivity index (χ2v) is 4.50. The summed E-state index contributed by atoms with van der Waals surface area (Å²) in [7, 11) is 1.53. The molecule has 1 aromatic rings. The monoisotopic (exact) mass is 275 g/mol. The molecule has 0 saturated heterocycles. The highest BCUT2D eigenvalue weighted by atomic mass is 19.4. The van der Waals surface area contributed by atoms with Gasteiger partial charge < -0.3 is 15.3 Å². The zero-order valence-corrected chi connectivity index (χ0v) is 10.5. The molecule has 1 saturated carbocycles. The lowest BCUT2D eigenvalue weighted by molar-refractivity contribution is -0.137. The smallest absolute Gasteiger partial charge is 0.395 e. The Morgan fingerprint density at radius 1 is 1.42 bits per heavy atom. The van der Waals surface area contributed by atoms with Crippen molar-refractivity contribution in [2.45, 2.75) is 25.1 Å². The van der Waals surface area contributed by atoms with Crippen LogP contribution in [-0.4, -0.2) is 36.3 Å². The third kappa shape index (κ3) is 3.28. The molecule has 2 N–H and O–H groups in total. The molecular formula is C12H16F3N3O. The van der Waals surface area contributed by atoms with E-state index in [9.17, 15) is 13.2 Å². The normalized spacial score (nSPS) is 15.4. The molecule has 0 radical (unpaired) electrons. The van der Waals surface area contributed by atoms with Gasteiger partial charge in [-0.1, -0.05) is 0 Å². The topological polar surface area (TPSA) is 48.4 Å². The molecule has 2 rings (SSSR count). The summed E-state index contributed by atoms with van der Waals surface area (Å²) in [4.78, 5) is 5.88. The average molecular weight is 275 g/mol. The van der Waals surface area contributed by atoms with Crippen LogP contribution in [0.3, 0.4) is 0 Å². The average Bonchev–Trinajstić information content (AvgIpc) is 3.18. The van der Waals surface area contributed by atoms with Gasteiger partial charge in [-0.05, 0) is 25.0 Å². The molecule has 106 valence electrons. The standard InChI is InChI=1S/C12H16F3N3O/c1-16-10-6-8(12(13,14)15)7-11(17-10)18(4-5-19)9-2-3-9/h6-7,9,19H,2-5H2,1H3,(H,16,17). The minimum Gasteiger partial charge on any atom is -0.395 e. The number of nitrogens with zero attached hydrogens (tertiary/aromatic N) is 2. The second kappa shape index (κ2) is 5.24. The zero-order valence-electron chi connectivity index (χ0n) is 10.5. The molecule has 0 aromatic carbocycles. The Balaban J connectivity index is 2.37. The number of rotatable bonds is 5. The number of anilines is 2. The van der Waals surface area contributed by atoms with Crippen LogP contribution in [0.25, 0.3) is 0 Å². The van der Waals surface area contributed by atoms with Crippen LogP contribution in [0.1, 0.15) is 18.4 Å². The van der Waals surface area contributed by atoms with E-state index in [0.717, 1.165) is 25.0 Å². The van der Waals surface area contributed by atoms with Crippen LogP contribution < -0.4 is 10.2 Å². The van der Waals surface area contributed by atoms with Crippen molar-refractivity contribution in [2.75, 3.05) is 30.4 Å². The summed E-state index contributed by atoms with van der Waals surface area (Å²) in [6.45, 7) is 0.186. The molecule has 1 heterocycles. The summed E-state index contributed by atoms with van der Waals surface area (Å²) in [6.07, 6.45) is -2.56. The second-order valence-electron chi connectivity index (χ2n) is 4.50. The van der Waals surface area contributed by atoms with Gasteiger partial charge in [0.05, 0.1) is 12.2 Å². The predicted octanol–water partition coefficient (Wildman–Crippen LogP) is 2.10. The van der Waals surface area contributed by atoms with Crippen LogP contribution in [0.15, 0.2) is 12.1 Å². The van der Waals surface area contributed by atoms with Crippen molar-refractivity contribution in [3.05, 3.63) is 17.7 Å². The van der Waals surface area contributed by atoms with Gasteiger partial charge in [0, 0.05) is 19.6 Å². The van der Waals surface area contributed by atoms with Crippen molar-refractivity contribution in [2.24, 2.45) is 0 Å². The Labute approximate surface area is 109 Å². The van der Waals surface area contributed by atoms with Crippen LogP contribution >= 0.6 is 0 Å². The van der Waals surface area contributed by atoms with Crippen LogP contribution in [0.4, 0.5) is 24.8 Å². The first-order valence-electron chi connectivity index (χ1n) is 6.10. The van der Waals surface area contributed by atoms with Gasteiger partial charge in [0.1, 0.15) is 11.6 Å². The highest BCUT2D eigenvalue weighted by molar-refractivity contribution is 5.52. The van der Waals surface area contributed by atoms with Gasteiger partial charge in [0.15, 0.2) is 0 Å². The van der Waals surface area contributed by atoms with Gasteiger partial charge in [0.2, 0.25) is 0 Å². The largest absolute Gasteiger partial charge is 0.416 e. The number of pyridine rings is 1. The quantitative estimate of drug-likeness (QED) is 0.864. The number of aromatic nitrogens is 1. The summed E-state index contributed by atoms with van der Waals surface area (Å²) >= 11 is 0. The molecule has 1 fully saturated rings. The van der Waals surface area contributed by atoms with Gasteiger partial charge in [-0.3, -0.25) is 0 Å². The minimum absolute atomic E-state index is 0.108. The Hall–Kier alpha value is -1.50. The van der Waals surface area contributed by atoms with Crippen molar-refractivity contribution in [3.63, 3.8) is 0 Å². The third-order valence-electron chi connectivity index (χ3n) is 3.02. The lowest BCUT2D eigenvalue weighted by atomic mass is 10.2. The maximum absolute atomic E-state index is 12.8. The maximum atomic E-state index is 12.8. The fraction of sp³-hybridized carbons (Fsp3) is 0.583. The molecule has 4 nitrogen and oxygen atoms in total. The highest BCUT2D eigenvalue weighted by Gasteiger charge is 2.34. The number of hydrogen-bond donors (Lipinski definition) is 2. The molecular weight excluding hydrogens is 259 g/mol. The minimum atomic E-state index is -4.41. The third-order valence-corrected chi connectivity index (χ3v) is 3.02. The lowest BCUT2D eigenvalue weighted by Gasteiger charge is -2.24. The van der Waals surface area contributed by atoms with E-state index >= 15 is 0 Å². The highest BCUT2D eigenvalue weighted by Crippen LogP contribution is 2.36. The van der Waals surface area contributed by atoms with Gasteiger partial charge in [-0.25, -0.2) is 4.98 Å². The predicted molar refractivity (Wildman–Crippen MR) is 66.2 cm³/mol. The summed E-state index contributed by atoms with van der Waals surface area (Å²) in [5.74, 6) is 0.434. The fourth-order valence-corrected chi connectivity index (χ4v) is 1.93. The van der Waals surface area contributed by atoms with E-state index in [4.69, 9.17) is 5.11 Å². The molecule has 1 aliphatic rings. The van der Waals surface area contributed by atoms with Crippen molar-refractivity contribution < 1.29 is 18.3 Å². The molecule has 0 aliphatic heterocycles. The van der Waals surface area contributed by atoms with E-state index in [1.165, 1.54) is 7.05 Å². The van der Waals surface area contributed by atoms with Crippen molar-refractivity contribution in [3.8, 4) is 0 Å². The molecule has 1 aliphatic carbocycles. The first-order valence-corrected chi connectivity index (χ1v) is 6.10. The summed E-state index contributed by atoms with van der Waals surface area (Å²) in [5, 5.41) is 11.7. The maximum Gasteiger partial charge on any atom is 0.416 e. The Bertz CT molecular complexity index is 446. The lowest BCUT2D eigenvalue weighted by Crippen LogP contribution is -2.30. The van der Waals surface area contributed by atoms with E-state index in [0.29, 0.717) is 6.54 Å². The summed E-state index contributed by atoms with van der Waals surface area (Å²) < 4.78 is 38.5. The number of alkyl halides is 3. The first kappa shape index (κ1) is 13.9. The zero-order chi connectivity index (χ0) is 14.0. The van der Waals surface area contributed by atoms with Gasteiger partial charge in [-0.2, -0.15) is 13.2 Å². The Morgan fingerprint density at radius 3 is 2.58 bits per heavy atom. The van der Waals surface area contributed by atoms with E-state index < -0.39 is 11.7 Å². The van der Waals surface area contributed by atoms with Crippen LogP contribution in [-0.2, 0) is 6.18 Å². The van der Waals surface area contributed by atoms with Gasteiger partial charge in [0.25, 0.3) is 0 Å². The number of nitrogens with one attached hydrogen (secondary N) is 1. The van der Waals surface area contributed by atoms with Crippen molar-refractivity contribution >= 4 is 11.6 Å². The molecule has 19 heavy (non-hydrogen) atoms. The summed E-state index contributed by atoms with van der Waals surface area (Å²) in [5.41, 5.74) is -0.731. The number of aliphatic hydroxyl groups is 1. The molecule has 7 heteroatoms. The molecule has 1 aromatic heterocycles. The fourth-order valence-electron chi connectivity index (χ4n) is 1.93. The van der Waals surface area contributed by atoms with E-state index in [2.05, 4.69) is 10.3 Å². The molecule has 0 bridgehead atoms. The number of aliphatic hydroxyl groups excluding tert-OH is 1. The van der Waals surface area contributed by atoms with Gasteiger partial charge >= 0.3 is 6.18 Å². The van der Waals surface area contributed by atoms with E-state index in [1.807, 2.05) is 0 Å². The van der Waals surface area contributed by atoms with Crippen LogP contribution in [0.5, 0.6) is 0 Å². The van der Waals surface area contributed by atoms with E-state index in [1.54, 1.807) is 4.90 Å². The van der Waals surface area contributed by atoms with Crippen LogP contribution in [0, 0.1) is 0 Å². The molecule has 0 atom stereocenters. The van der Waals surface area contributed by atoms with Gasteiger partial charge in [-0.15, -0.1) is 0 Å². The van der Waals surface area contributed by atoms with Crippen molar-refractivity contribution in [1.82, 2.24) is 4.98 Å². The summed E-state index contributed by atoms with van der Waals surface area (Å²) in [6, 6.07) is 2.20. The van der Waals surface area contributed by atoms with E-state index in [-0.39, 0.29) is 24.3 Å². The Morgan fingerprint density at radius 2 is 2.11 bits per heavy atom. The molecule has 0 amide bonds. The first-order chi connectivity index (χ1) is 8.95. The van der Waals surface area contributed by atoms with Crippen molar-refractivity contribution in [1.29, 1.82) is 0 Å². The number of halogens is 3.